The Hall–Kier alpha value is -1.70. The Labute approximate surface area is 116 Å². The van der Waals surface area contributed by atoms with Crippen molar-refractivity contribution >= 4 is 11.3 Å². The van der Waals surface area contributed by atoms with Gasteiger partial charge in [-0.3, -0.25) is 0 Å². The van der Waals surface area contributed by atoms with Gasteiger partial charge in [-0.25, -0.2) is 4.39 Å². The number of rotatable bonds is 4. The van der Waals surface area contributed by atoms with E-state index in [2.05, 4.69) is 11.4 Å². The number of aryl methyl sites for hydroxylation is 1. The molecule has 1 aromatic heterocycles. The molecule has 1 atom stereocenters. The number of halogens is 1. The summed E-state index contributed by atoms with van der Waals surface area (Å²) < 4.78 is 13.5. The number of hydrogen-bond donors (Lipinski definition) is 1. The molecule has 2 rings (SSSR count). The summed E-state index contributed by atoms with van der Waals surface area (Å²) >= 11 is 1.56. The van der Waals surface area contributed by atoms with Crippen molar-refractivity contribution < 1.29 is 4.39 Å². The molecule has 0 spiro atoms. The van der Waals surface area contributed by atoms with Crippen LogP contribution in [0, 0.1) is 24.1 Å². The van der Waals surface area contributed by atoms with Crippen molar-refractivity contribution in [2.75, 3.05) is 0 Å². The van der Waals surface area contributed by atoms with Crippen molar-refractivity contribution in [3.05, 3.63) is 57.0 Å². The fourth-order valence-corrected chi connectivity index (χ4v) is 2.54. The third-order valence-corrected chi connectivity index (χ3v) is 4.00. The second-order valence-electron chi connectivity index (χ2n) is 4.52. The lowest BCUT2D eigenvalue weighted by Crippen LogP contribution is -2.17. The second-order valence-corrected chi connectivity index (χ2v) is 5.52. The zero-order valence-corrected chi connectivity index (χ0v) is 11.7. The molecule has 2 aromatic rings. The molecule has 98 valence electrons. The van der Waals surface area contributed by atoms with Crippen LogP contribution in [0.25, 0.3) is 0 Å². The summed E-state index contributed by atoms with van der Waals surface area (Å²) in [7, 11) is 0. The highest BCUT2D eigenvalue weighted by Crippen LogP contribution is 2.18. The molecule has 0 amide bonds. The van der Waals surface area contributed by atoms with Crippen LogP contribution < -0.4 is 5.32 Å². The first-order chi connectivity index (χ1) is 9.10. The lowest BCUT2D eigenvalue weighted by atomic mass is 10.1. The molecule has 2 nitrogen and oxygen atoms in total. The summed E-state index contributed by atoms with van der Waals surface area (Å²) in [4.78, 5) is 1.11. The molecule has 0 radical (unpaired) electrons. The Morgan fingerprint density at radius 1 is 1.42 bits per heavy atom. The fraction of sp³-hybridized carbons (Fsp3) is 0.267. The van der Waals surface area contributed by atoms with Crippen LogP contribution in [-0.4, -0.2) is 0 Å². The van der Waals surface area contributed by atoms with E-state index >= 15 is 0 Å². The zero-order valence-electron chi connectivity index (χ0n) is 10.9. The van der Waals surface area contributed by atoms with E-state index in [9.17, 15) is 4.39 Å². The van der Waals surface area contributed by atoms with Crippen LogP contribution >= 0.6 is 11.3 Å². The zero-order chi connectivity index (χ0) is 13.8. The van der Waals surface area contributed by atoms with Gasteiger partial charge in [0.2, 0.25) is 0 Å². The summed E-state index contributed by atoms with van der Waals surface area (Å²) in [5.41, 5.74) is 2.28. The smallest absolute Gasteiger partial charge is 0.126 e. The van der Waals surface area contributed by atoms with Crippen LogP contribution in [0.15, 0.2) is 29.6 Å². The molecule has 0 aliphatic carbocycles. The highest BCUT2D eigenvalue weighted by molar-refractivity contribution is 7.10. The molecule has 4 heteroatoms. The second kappa shape index (κ2) is 5.96. The molecule has 0 saturated carbocycles. The van der Waals surface area contributed by atoms with Crippen LogP contribution in [0.3, 0.4) is 0 Å². The lowest BCUT2D eigenvalue weighted by molar-refractivity contribution is 0.566. The van der Waals surface area contributed by atoms with Crippen LogP contribution in [0.2, 0.25) is 0 Å². The Balaban J connectivity index is 1.99. The molecule has 0 aliphatic heterocycles. The number of nitrogens with zero attached hydrogens (tertiary/aromatic N) is 1. The van der Waals surface area contributed by atoms with Gasteiger partial charge in [0.25, 0.3) is 0 Å². The third-order valence-electron chi connectivity index (χ3n) is 3.06. The Kier molecular flexibility index (Phi) is 4.31. The summed E-state index contributed by atoms with van der Waals surface area (Å²) in [6.45, 7) is 4.44. The number of benzene rings is 1. The van der Waals surface area contributed by atoms with Gasteiger partial charge in [0.05, 0.1) is 5.56 Å². The van der Waals surface area contributed by atoms with E-state index in [0.29, 0.717) is 17.7 Å². The van der Waals surface area contributed by atoms with Crippen LogP contribution in [0.4, 0.5) is 4.39 Å². The predicted molar refractivity (Wildman–Crippen MR) is 75.4 cm³/mol. The molecule has 1 heterocycles. The first kappa shape index (κ1) is 13.7. The molecular formula is C15H15FN2S. The maximum Gasteiger partial charge on any atom is 0.126 e. The first-order valence-electron chi connectivity index (χ1n) is 6.07. The summed E-state index contributed by atoms with van der Waals surface area (Å²) in [5.74, 6) is -0.172. The van der Waals surface area contributed by atoms with Crippen molar-refractivity contribution in [1.29, 1.82) is 5.26 Å². The van der Waals surface area contributed by atoms with Gasteiger partial charge in [-0.1, -0.05) is 12.1 Å². The minimum absolute atomic E-state index is 0.0720. The van der Waals surface area contributed by atoms with E-state index in [4.69, 9.17) is 5.26 Å². The number of nitriles is 1. The molecule has 1 aromatic carbocycles. The van der Waals surface area contributed by atoms with Gasteiger partial charge >= 0.3 is 0 Å². The number of nitrogens with one attached hydrogen (secondary N) is 1. The standard InChI is InChI=1S/C15H15FN2S/c1-10-3-4-13(6-15(10)16)11(2)18-8-14-5-12(7-17)9-19-14/h3-6,9,11,18H,8H2,1-2H3. The van der Waals surface area contributed by atoms with Crippen molar-refractivity contribution in [3.63, 3.8) is 0 Å². The molecule has 0 bridgehead atoms. The number of thiophene rings is 1. The normalized spacial score (nSPS) is 12.1. The monoisotopic (exact) mass is 274 g/mol. The van der Waals surface area contributed by atoms with Gasteiger partial charge in [0, 0.05) is 22.8 Å². The van der Waals surface area contributed by atoms with Crippen molar-refractivity contribution in [1.82, 2.24) is 5.32 Å². The minimum atomic E-state index is -0.172. The molecular weight excluding hydrogens is 259 g/mol. The Morgan fingerprint density at radius 3 is 2.84 bits per heavy atom. The Bertz CT molecular complexity index is 613. The topological polar surface area (TPSA) is 35.8 Å². The Morgan fingerprint density at radius 2 is 2.21 bits per heavy atom. The van der Waals surface area contributed by atoms with E-state index in [0.717, 1.165) is 10.4 Å². The third kappa shape index (κ3) is 3.40. The van der Waals surface area contributed by atoms with E-state index in [1.807, 2.05) is 24.4 Å². The van der Waals surface area contributed by atoms with Gasteiger partial charge in [-0.05, 0) is 37.1 Å². The minimum Gasteiger partial charge on any atom is -0.305 e. The summed E-state index contributed by atoms with van der Waals surface area (Å²) in [5, 5.41) is 13.9. The fourth-order valence-electron chi connectivity index (χ4n) is 1.78. The van der Waals surface area contributed by atoms with Gasteiger partial charge in [0.1, 0.15) is 11.9 Å². The van der Waals surface area contributed by atoms with E-state index in [-0.39, 0.29) is 11.9 Å². The van der Waals surface area contributed by atoms with E-state index < -0.39 is 0 Å². The molecule has 0 aliphatic rings. The quantitative estimate of drug-likeness (QED) is 0.917. The van der Waals surface area contributed by atoms with Gasteiger partial charge in [-0.2, -0.15) is 5.26 Å². The maximum absolute atomic E-state index is 13.5. The average molecular weight is 274 g/mol. The van der Waals surface area contributed by atoms with Crippen LogP contribution in [-0.2, 0) is 6.54 Å². The first-order valence-corrected chi connectivity index (χ1v) is 6.95. The van der Waals surface area contributed by atoms with Crippen LogP contribution in [0.5, 0.6) is 0 Å². The largest absolute Gasteiger partial charge is 0.305 e. The average Bonchev–Trinajstić information content (AvgIpc) is 2.87. The summed E-state index contributed by atoms with van der Waals surface area (Å²) in [6.07, 6.45) is 0. The van der Waals surface area contributed by atoms with Gasteiger partial charge in [-0.15, -0.1) is 11.3 Å². The van der Waals surface area contributed by atoms with Gasteiger partial charge < -0.3 is 5.32 Å². The lowest BCUT2D eigenvalue weighted by Gasteiger charge is -2.14. The summed E-state index contributed by atoms with van der Waals surface area (Å²) in [6, 6.07) is 9.36. The van der Waals surface area contributed by atoms with E-state index in [1.165, 1.54) is 0 Å². The predicted octanol–water partition coefficient (Wildman–Crippen LogP) is 3.92. The molecule has 0 saturated heterocycles. The van der Waals surface area contributed by atoms with Crippen molar-refractivity contribution in [3.8, 4) is 6.07 Å². The SMILES string of the molecule is Cc1ccc(C(C)NCc2cc(C#N)cs2)cc1F. The molecule has 0 fully saturated rings. The maximum atomic E-state index is 13.5. The van der Waals surface area contributed by atoms with E-state index in [1.54, 1.807) is 30.4 Å². The van der Waals surface area contributed by atoms with Crippen molar-refractivity contribution in [2.45, 2.75) is 26.4 Å². The van der Waals surface area contributed by atoms with Crippen molar-refractivity contribution in [2.24, 2.45) is 0 Å². The van der Waals surface area contributed by atoms with Gasteiger partial charge in [0.15, 0.2) is 0 Å². The highest BCUT2D eigenvalue weighted by atomic mass is 32.1. The number of hydrogen-bond acceptors (Lipinski definition) is 3. The molecule has 1 N–H and O–H groups in total. The molecule has 1 unspecified atom stereocenters. The molecule has 19 heavy (non-hydrogen) atoms. The highest BCUT2D eigenvalue weighted by Gasteiger charge is 2.08. The van der Waals surface area contributed by atoms with Crippen LogP contribution in [0.1, 0.15) is 34.5 Å².